The van der Waals surface area contributed by atoms with Gasteiger partial charge >= 0.3 is 0 Å². The maximum atomic E-state index is 4.10. The summed E-state index contributed by atoms with van der Waals surface area (Å²) in [5, 5.41) is 8.16. The lowest BCUT2D eigenvalue weighted by Crippen LogP contribution is -2.22. The first kappa shape index (κ1) is 11.4. The van der Waals surface area contributed by atoms with E-state index in [-0.39, 0.29) is 5.54 Å². The monoisotopic (exact) mass is 229 g/mol. The molecule has 0 radical (unpaired) electrons. The van der Waals surface area contributed by atoms with Crippen LogP contribution in [0.25, 0.3) is 12.2 Å². The highest BCUT2D eigenvalue weighted by Gasteiger charge is 2.13. The van der Waals surface area contributed by atoms with E-state index in [9.17, 15) is 0 Å². The van der Waals surface area contributed by atoms with Gasteiger partial charge in [0, 0.05) is 6.20 Å². The molecule has 0 N–H and O–H groups in total. The van der Waals surface area contributed by atoms with E-state index in [0.29, 0.717) is 0 Å². The van der Waals surface area contributed by atoms with Crippen LogP contribution in [0.2, 0.25) is 0 Å². The van der Waals surface area contributed by atoms with Gasteiger partial charge in [-0.15, -0.1) is 5.10 Å². The van der Waals surface area contributed by atoms with Crippen LogP contribution in [-0.2, 0) is 5.54 Å². The van der Waals surface area contributed by atoms with Gasteiger partial charge in [0.15, 0.2) is 0 Å². The lowest BCUT2D eigenvalue weighted by atomic mass is 10.1. The second-order valence-electron chi connectivity index (χ2n) is 4.73. The minimum absolute atomic E-state index is 0.0476. The molecule has 0 bridgehead atoms. The Labute approximate surface area is 100 Å². The van der Waals surface area contributed by atoms with Crippen molar-refractivity contribution in [2.24, 2.45) is 0 Å². The molecule has 0 atom stereocenters. The van der Waals surface area contributed by atoms with Gasteiger partial charge in [-0.25, -0.2) is 14.6 Å². The van der Waals surface area contributed by atoms with E-state index in [1.165, 1.54) is 6.33 Å². The minimum atomic E-state index is -0.0476. The molecular formula is C12H15N5. The van der Waals surface area contributed by atoms with Crippen molar-refractivity contribution in [3.05, 3.63) is 36.2 Å². The molecule has 0 aromatic carbocycles. The van der Waals surface area contributed by atoms with Crippen molar-refractivity contribution >= 4 is 12.2 Å². The Balaban J connectivity index is 2.15. The number of hydrogen-bond acceptors (Lipinski definition) is 4. The number of aromatic nitrogens is 5. The fraction of sp³-hybridized carbons (Fsp3) is 0.333. The van der Waals surface area contributed by atoms with Crippen LogP contribution in [0.3, 0.4) is 0 Å². The van der Waals surface area contributed by atoms with Crippen LogP contribution in [0.4, 0.5) is 0 Å². The number of nitrogens with zero attached hydrogens (tertiary/aromatic N) is 5. The first-order valence-electron chi connectivity index (χ1n) is 5.42. The van der Waals surface area contributed by atoms with Gasteiger partial charge in [0.2, 0.25) is 0 Å². The third kappa shape index (κ3) is 2.96. The van der Waals surface area contributed by atoms with Gasteiger partial charge in [-0.2, -0.15) is 0 Å². The maximum Gasteiger partial charge on any atom is 0.115 e. The lowest BCUT2D eigenvalue weighted by molar-refractivity contribution is 0.347. The average Bonchev–Trinajstić information content (AvgIpc) is 2.76. The van der Waals surface area contributed by atoms with Crippen molar-refractivity contribution in [2.45, 2.75) is 26.3 Å². The van der Waals surface area contributed by atoms with Crippen LogP contribution < -0.4 is 0 Å². The zero-order valence-corrected chi connectivity index (χ0v) is 10.2. The van der Waals surface area contributed by atoms with Gasteiger partial charge in [0.1, 0.15) is 12.0 Å². The molecule has 2 heterocycles. The molecule has 0 unspecified atom stereocenters. The van der Waals surface area contributed by atoms with Gasteiger partial charge in [0.25, 0.3) is 0 Å². The Hall–Kier alpha value is -2.04. The third-order valence-corrected chi connectivity index (χ3v) is 2.23. The average molecular weight is 229 g/mol. The molecule has 0 saturated heterocycles. The van der Waals surface area contributed by atoms with Crippen molar-refractivity contribution in [2.75, 3.05) is 0 Å². The fourth-order valence-corrected chi connectivity index (χ4v) is 1.25. The van der Waals surface area contributed by atoms with Crippen molar-refractivity contribution < 1.29 is 0 Å². The Morgan fingerprint density at radius 3 is 2.53 bits per heavy atom. The van der Waals surface area contributed by atoms with Gasteiger partial charge in [-0.3, -0.25) is 0 Å². The van der Waals surface area contributed by atoms with Crippen molar-refractivity contribution in [3.63, 3.8) is 0 Å². The smallest absolute Gasteiger partial charge is 0.115 e. The zero-order valence-electron chi connectivity index (χ0n) is 10.2. The summed E-state index contributed by atoms with van der Waals surface area (Å²) in [6.07, 6.45) is 8.91. The molecular weight excluding hydrogens is 214 g/mol. The predicted octanol–water partition coefficient (Wildman–Crippen LogP) is 1.99. The molecule has 0 saturated carbocycles. The third-order valence-electron chi connectivity index (χ3n) is 2.23. The van der Waals surface area contributed by atoms with Gasteiger partial charge < -0.3 is 0 Å². The summed E-state index contributed by atoms with van der Waals surface area (Å²) in [5.74, 6) is 0. The van der Waals surface area contributed by atoms with Gasteiger partial charge in [-0.05, 0) is 39.0 Å². The van der Waals surface area contributed by atoms with E-state index in [1.54, 1.807) is 6.20 Å². The minimum Gasteiger partial charge on any atom is -0.247 e. The quantitative estimate of drug-likeness (QED) is 0.790. The van der Waals surface area contributed by atoms with E-state index in [4.69, 9.17) is 0 Å². The molecule has 2 aromatic rings. The van der Waals surface area contributed by atoms with Gasteiger partial charge in [0.05, 0.1) is 17.4 Å². The molecule has 0 spiro atoms. The molecule has 5 nitrogen and oxygen atoms in total. The molecule has 0 aliphatic carbocycles. The molecule has 2 rings (SSSR count). The topological polar surface area (TPSA) is 56.5 Å². The Morgan fingerprint density at radius 1 is 1.18 bits per heavy atom. The van der Waals surface area contributed by atoms with Crippen molar-refractivity contribution in [1.82, 2.24) is 25.0 Å². The second-order valence-corrected chi connectivity index (χ2v) is 4.73. The Kier molecular flexibility index (Phi) is 2.99. The van der Waals surface area contributed by atoms with E-state index in [0.717, 1.165) is 11.4 Å². The van der Waals surface area contributed by atoms with E-state index in [1.807, 2.05) is 29.1 Å². The van der Waals surface area contributed by atoms with Crippen LogP contribution in [-0.4, -0.2) is 25.0 Å². The fourth-order valence-electron chi connectivity index (χ4n) is 1.25. The molecule has 0 aliphatic rings. The summed E-state index contributed by atoms with van der Waals surface area (Å²) >= 11 is 0. The van der Waals surface area contributed by atoms with E-state index in [2.05, 4.69) is 41.1 Å². The summed E-state index contributed by atoms with van der Waals surface area (Å²) < 4.78 is 1.84. The molecule has 0 fully saturated rings. The van der Waals surface area contributed by atoms with E-state index >= 15 is 0 Å². The normalized spacial score (nSPS) is 12.2. The highest BCUT2D eigenvalue weighted by molar-refractivity contribution is 5.65. The highest BCUT2D eigenvalue weighted by atomic mass is 15.4. The number of hydrogen-bond donors (Lipinski definition) is 0. The van der Waals surface area contributed by atoms with Crippen LogP contribution in [0.5, 0.6) is 0 Å². The van der Waals surface area contributed by atoms with Crippen LogP contribution >= 0.6 is 0 Å². The molecule has 88 valence electrons. The first-order valence-corrected chi connectivity index (χ1v) is 5.42. The maximum absolute atomic E-state index is 4.10. The van der Waals surface area contributed by atoms with Crippen molar-refractivity contribution in [1.29, 1.82) is 0 Å². The summed E-state index contributed by atoms with van der Waals surface area (Å²) in [6, 6.07) is 1.84. The molecule has 5 heteroatoms. The van der Waals surface area contributed by atoms with Gasteiger partial charge in [-0.1, -0.05) is 5.21 Å². The lowest BCUT2D eigenvalue weighted by Gasteiger charge is -2.17. The summed E-state index contributed by atoms with van der Waals surface area (Å²) in [7, 11) is 0. The predicted molar refractivity (Wildman–Crippen MR) is 66.0 cm³/mol. The van der Waals surface area contributed by atoms with Crippen LogP contribution in [0.1, 0.15) is 32.2 Å². The molecule has 0 aliphatic heterocycles. The highest BCUT2D eigenvalue weighted by Crippen LogP contribution is 2.12. The summed E-state index contributed by atoms with van der Waals surface area (Å²) in [6.45, 7) is 6.25. The SMILES string of the molecule is CC(C)(C)n1cc(C=Cc2ccncn2)nn1. The van der Waals surface area contributed by atoms with Crippen LogP contribution in [0.15, 0.2) is 24.8 Å². The van der Waals surface area contributed by atoms with Crippen molar-refractivity contribution in [3.8, 4) is 0 Å². The summed E-state index contributed by atoms with van der Waals surface area (Å²) in [4.78, 5) is 7.96. The molecule has 0 amide bonds. The number of rotatable bonds is 2. The standard InChI is InChI=1S/C12H15N5/c1-12(2,3)17-8-11(15-16-17)5-4-10-6-7-13-9-14-10/h4-9H,1-3H3. The molecule has 2 aromatic heterocycles. The van der Waals surface area contributed by atoms with E-state index < -0.39 is 0 Å². The molecule has 17 heavy (non-hydrogen) atoms. The Bertz CT molecular complexity index is 507. The first-order chi connectivity index (χ1) is 8.05. The Morgan fingerprint density at radius 2 is 1.94 bits per heavy atom. The zero-order chi connectivity index (χ0) is 12.3. The second kappa shape index (κ2) is 4.45. The van der Waals surface area contributed by atoms with Crippen LogP contribution in [0, 0.1) is 0 Å². The summed E-state index contributed by atoms with van der Waals surface area (Å²) in [5.41, 5.74) is 1.62. The largest absolute Gasteiger partial charge is 0.247 e.